The van der Waals surface area contributed by atoms with Gasteiger partial charge in [0.25, 0.3) is 0 Å². The molecule has 0 aromatic carbocycles. The zero-order valence-corrected chi connectivity index (χ0v) is 13.7. The van der Waals surface area contributed by atoms with E-state index in [1.54, 1.807) is 24.8 Å². The number of piperidine rings is 1. The van der Waals surface area contributed by atoms with Gasteiger partial charge in [-0.05, 0) is 18.9 Å². The summed E-state index contributed by atoms with van der Waals surface area (Å²) < 4.78 is 5.94. The molecule has 0 atom stereocenters. The quantitative estimate of drug-likeness (QED) is 0.826. The second kappa shape index (κ2) is 6.68. The van der Waals surface area contributed by atoms with Crippen LogP contribution in [0.4, 0.5) is 11.8 Å². The Kier molecular flexibility index (Phi) is 4.25. The Hall–Kier alpha value is -2.28. The molecule has 4 rings (SSSR count). The van der Waals surface area contributed by atoms with Gasteiger partial charge >= 0.3 is 0 Å². The molecule has 2 saturated heterocycles. The summed E-state index contributed by atoms with van der Waals surface area (Å²) in [6.07, 6.45) is 11.1. The Labute approximate surface area is 141 Å². The molecular formula is C17H22N6O. The molecule has 0 radical (unpaired) electrons. The van der Waals surface area contributed by atoms with E-state index in [4.69, 9.17) is 4.74 Å². The van der Waals surface area contributed by atoms with Gasteiger partial charge in [-0.1, -0.05) is 0 Å². The molecule has 4 heterocycles. The molecule has 2 aromatic rings. The van der Waals surface area contributed by atoms with Crippen molar-refractivity contribution < 1.29 is 4.74 Å². The Morgan fingerprint density at radius 1 is 0.917 bits per heavy atom. The molecule has 2 aromatic heterocycles. The molecule has 2 aliphatic heterocycles. The van der Waals surface area contributed by atoms with Crippen molar-refractivity contribution in [3.05, 3.63) is 37.1 Å². The highest BCUT2D eigenvalue weighted by atomic mass is 16.5. The van der Waals surface area contributed by atoms with Crippen LogP contribution >= 0.6 is 0 Å². The summed E-state index contributed by atoms with van der Waals surface area (Å²) in [5, 5.41) is 0. The first-order valence-corrected chi connectivity index (χ1v) is 8.45. The highest BCUT2D eigenvalue weighted by Gasteiger charge is 2.39. The van der Waals surface area contributed by atoms with Crippen molar-refractivity contribution in [3.8, 4) is 0 Å². The number of anilines is 2. The summed E-state index contributed by atoms with van der Waals surface area (Å²) in [5.41, 5.74) is 0.161. The molecule has 2 aliphatic rings. The molecule has 0 bridgehead atoms. The van der Waals surface area contributed by atoms with Crippen LogP contribution in [0.1, 0.15) is 12.8 Å². The van der Waals surface area contributed by atoms with E-state index < -0.39 is 0 Å². The maximum absolute atomic E-state index is 5.94. The number of ether oxygens (including phenoxy) is 1. The first-order valence-electron chi connectivity index (χ1n) is 8.45. The lowest BCUT2D eigenvalue weighted by atomic mass is 9.78. The lowest BCUT2D eigenvalue weighted by molar-refractivity contribution is 0.0538. The van der Waals surface area contributed by atoms with Gasteiger partial charge in [0.1, 0.15) is 5.82 Å². The highest BCUT2D eigenvalue weighted by molar-refractivity contribution is 5.36. The first-order chi connectivity index (χ1) is 11.8. The lowest BCUT2D eigenvalue weighted by Gasteiger charge is -2.42. The Morgan fingerprint density at radius 3 is 2.50 bits per heavy atom. The predicted molar refractivity (Wildman–Crippen MR) is 91.0 cm³/mol. The van der Waals surface area contributed by atoms with Gasteiger partial charge in [0.2, 0.25) is 5.95 Å². The van der Waals surface area contributed by atoms with Gasteiger partial charge in [-0.25, -0.2) is 15.0 Å². The van der Waals surface area contributed by atoms with Gasteiger partial charge in [0, 0.05) is 56.4 Å². The summed E-state index contributed by atoms with van der Waals surface area (Å²) >= 11 is 0. The predicted octanol–water partition coefficient (Wildman–Crippen LogP) is 1.39. The average Bonchev–Trinajstić information content (AvgIpc) is 2.87. The molecule has 1 spiro atoms. The third-order valence-corrected chi connectivity index (χ3v) is 4.97. The minimum Gasteiger partial charge on any atom is -0.379 e. The molecular weight excluding hydrogens is 304 g/mol. The van der Waals surface area contributed by atoms with Crippen LogP contribution in [-0.2, 0) is 4.74 Å². The van der Waals surface area contributed by atoms with Crippen LogP contribution in [0.15, 0.2) is 37.1 Å². The highest BCUT2D eigenvalue weighted by Crippen LogP contribution is 2.36. The maximum Gasteiger partial charge on any atom is 0.225 e. The minimum atomic E-state index is 0.161. The monoisotopic (exact) mass is 326 g/mol. The Morgan fingerprint density at radius 2 is 1.75 bits per heavy atom. The van der Waals surface area contributed by atoms with E-state index in [-0.39, 0.29) is 5.41 Å². The maximum atomic E-state index is 5.94. The first kappa shape index (κ1) is 15.3. The van der Waals surface area contributed by atoms with Gasteiger partial charge in [-0.15, -0.1) is 0 Å². The largest absolute Gasteiger partial charge is 0.379 e. The van der Waals surface area contributed by atoms with E-state index in [9.17, 15) is 0 Å². The molecule has 24 heavy (non-hydrogen) atoms. The summed E-state index contributed by atoms with van der Waals surface area (Å²) in [4.78, 5) is 22.0. The summed E-state index contributed by atoms with van der Waals surface area (Å²) in [7, 11) is 0. The lowest BCUT2D eigenvalue weighted by Crippen LogP contribution is -2.48. The zero-order chi connectivity index (χ0) is 16.2. The van der Waals surface area contributed by atoms with Gasteiger partial charge < -0.3 is 14.5 Å². The van der Waals surface area contributed by atoms with Crippen LogP contribution in [0.5, 0.6) is 0 Å². The summed E-state index contributed by atoms with van der Waals surface area (Å²) in [5.74, 6) is 1.77. The fraction of sp³-hybridized carbons (Fsp3) is 0.529. The Balaban J connectivity index is 1.47. The van der Waals surface area contributed by atoms with E-state index in [0.29, 0.717) is 0 Å². The van der Waals surface area contributed by atoms with Crippen molar-refractivity contribution >= 4 is 11.8 Å². The minimum absolute atomic E-state index is 0.161. The van der Waals surface area contributed by atoms with Crippen molar-refractivity contribution in [2.24, 2.45) is 5.41 Å². The van der Waals surface area contributed by atoms with E-state index in [2.05, 4.69) is 29.7 Å². The molecule has 0 aliphatic carbocycles. The number of nitrogens with zero attached hydrogens (tertiary/aromatic N) is 6. The molecule has 7 heteroatoms. The smallest absolute Gasteiger partial charge is 0.225 e. The van der Waals surface area contributed by atoms with E-state index >= 15 is 0 Å². The second-order valence-electron chi connectivity index (χ2n) is 6.57. The van der Waals surface area contributed by atoms with Gasteiger partial charge in [-0.2, -0.15) is 0 Å². The van der Waals surface area contributed by atoms with Crippen molar-refractivity contribution in [2.75, 3.05) is 49.2 Å². The van der Waals surface area contributed by atoms with Gasteiger partial charge in [0.05, 0.1) is 19.4 Å². The zero-order valence-electron chi connectivity index (χ0n) is 13.7. The van der Waals surface area contributed by atoms with E-state index in [1.165, 1.54) is 0 Å². The molecule has 2 fully saturated rings. The fourth-order valence-electron chi connectivity index (χ4n) is 3.59. The molecule has 0 N–H and O–H groups in total. The topological polar surface area (TPSA) is 67.3 Å². The molecule has 7 nitrogen and oxygen atoms in total. The Bertz CT molecular complexity index is 645. The second-order valence-corrected chi connectivity index (χ2v) is 6.57. The average molecular weight is 326 g/mol. The normalized spacial score (nSPS) is 20.8. The van der Waals surface area contributed by atoms with Crippen LogP contribution in [0.2, 0.25) is 0 Å². The molecule has 0 amide bonds. The van der Waals surface area contributed by atoms with Crippen molar-refractivity contribution in [2.45, 2.75) is 12.8 Å². The number of rotatable bonds is 2. The van der Waals surface area contributed by atoms with Crippen molar-refractivity contribution in [1.29, 1.82) is 0 Å². The summed E-state index contributed by atoms with van der Waals surface area (Å²) in [6.45, 7) is 5.29. The third-order valence-electron chi connectivity index (χ3n) is 4.97. The van der Waals surface area contributed by atoms with Gasteiger partial charge in [0.15, 0.2) is 0 Å². The number of hydrogen-bond donors (Lipinski definition) is 0. The van der Waals surface area contributed by atoms with Crippen LogP contribution in [0.3, 0.4) is 0 Å². The van der Waals surface area contributed by atoms with Crippen LogP contribution in [-0.4, -0.2) is 59.3 Å². The van der Waals surface area contributed by atoms with Gasteiger partial charge in [-0.3, -0.25) is 4.98 Å². The number of aromatic nitrogens is 4. The molecule has 0 unspecified atom stereocenters. The van der Waals surface area contributed by atoms with Crippen LogP contribution < -0.4 is 9.80 Å². The standard InChI is InChI=1S/C17H22N6O/c1-4-20-16(21-5-1)23-10-11-24-14-17(13-23)2-8-22(9-3-17)15-12-18-6-7-19-15/h1,4-7,12H,2-3,8-11,13-14H2. The van der Waals surface area contributed by atoms with E-state index in [1.807, 2.05) is 12.3 Å². The van der Waals surface area contributed by atoms with Crippen molar-refractivity contribution in [3.63, 3.8) is 0 Å². The molecule has 0 saturated carbocycles. The molecule has 126 valence electrons. The third kappa shape index (κ3) is 3.17. The van der Waals surface area contributed by atoms with Crippen LogP contribution in [0.25, 0.3) is 0 Å². The number of hydrogen-bond acceptors (Lipinski definition) is 7. The van der Waals surface area contributed by atoms with E-state index in [0.717, 1.165) is 64.0 Å². The summed E-state index contributed by atoms with van der Waals surface area (Å²) in [6, 6.07) is 1.85. The SMILES string of the molecule is c1cnc(N2CCOCC3(CCN(c4cnccn4)CC3)C2)nc1. The fourth-order valence-corrected chi connectivity index (χ4v) is 3.59. The van der Waals surface area contributed by atoms with Crippen LogP contribution in [0, 0.1) is 5.41 Å². The van der Waals surface area contributed by atoms with Crippen molar-refractivity contribution in [1.82, 2.24) is 19.9 Å².